The Morgan fingerprint density at radius 3 is 2.44 bits per heavy atom. The zero-order chi connectivity index (χ0) is 19.8. The van der Waals surface area contributed by atoms with Crippen LogP contribution in [0, 0.1) is 0 Å². The maximum Gasteiger partial charge on any atom is 0.330 e. The molecule has 1 aliphatic rings. The van der Waals surface area contributed by atoms with Crippen LogP contribution in [-0.2, 0) is 30.5 Å². The summed E-state index contributed by atoms with van der Waals surface area (Å²) in [6.45, 7) is 3.25. The number of aryl methyl sites for hydroxylation is 2. The van der Waals surface area contributed by atoms with Crippen LogP contribution in [0.5, 0.6) is 0 Å². The summed E-state index contributed by atoms with van der Waals surface area (Å²) in [5.41, 5.74) is 0.663. The molecule has 1 N–H and O–H groups in total. The number of rotatable bonds is 4. The summed E-state index contributed by atoms with van der Waals surface area (Å²) in [4.78, 5) is 24.0. The summed E-state index contributed by atoms with van der Waals surface area (Å²) in [5, 5.41) is 3.22. The second kappa shape index (κ2) is 7.41. The van der Waals surface area contributed by atoms with Crippen molar-refractivity contribution in [1.29, 1.82) is 0 Å². The van der Waals surface area contributed by atoms with Crippen LogP contribution in [0.4, 0.5) is 0 Å². The van der Waals surface area contributed by atoms with Crippen molar-refractivity contribution in [3.63, 3.8) is 0 Å². The van der Waals surface area contributed by atoms with Gasteiger partial charge in [0.1, 0.15) is 0 Å². The predicted molar refractivity (Wildman–Crippen MR) is 102 cm³/mol. The van der Waals surface area contributed by atoms with Crippen molar-refractivity contribution in [1.82, 2.24) is 18.8 Å². The van der Waals surface area contributed by atoms with Gasteiger partial charge in [0.15, 0.2) is 4.90 Å². The van der Waals surface area contributed by atoms with Gasteiger partial charge >= 0.3 is 5.69 Å². The van der Waals surface area contributed by atoms with Gasteiger partial charge in [-0.15, -0.1) is 0 Å². The van der Waals surface area contributed by atoms with Crippen LogP contribution in [0.15, 0.2) is 44.9 Å². The number of hydrogen-bond donors (Lipinski definition) is 1. The molecule has 27 heavy (non-hydrogen) atoms. The lowest BCUT2D eigenvalue weighted by atomic mass is 10.0. The monoisotopic (exact) mass is 392 g/mol. The lowest BCUT2D eigenvalue weighted by molar-refractivity contribution is 0.271. The third-order valence-electron chi connectivity index (χ3n) is 4.97. The van der Waals surface area contributed by atoms with Crippen molar-refractivity contribution in [2.45, 2.75) is 24.3 Å². The summed E-state index contributed by atoms with van der Waals surface area (Å²) >= 11 is 0. The summed E-state index contributed by atoms with van der Waals surface area (Å²) in [6, 6.07) is 7.41. The van der Waals surface area contributed by atoms with E-state index in [0.29, 0.717) is 13.1 Å². The smallest absolute Gasteiger partial charge is 0.313 e. The van der Waals surface area contributed by atoms with E-state index < -0.39 is 27.3 Å². The summed E-state index contributed by atoms with van der Waals surface area (Å²) in [5.74, 6) is 0. The first-order valence-corrected chi connectivity index (χ1v) is 10.3. The molecule has 0 saturated carbocycles. The number of aromatic nitrogens is 2. The lowest BCUT2D eigenvalue weighted by Gasteiger charge is -2.35. The molecule has 0 radical (unpaired) electrons. The Balaban J connectivity index is 2.08. The highest BCUT2D eigenvalue weighted by Gasteiger charge is 2.36. The molecule has 0 amide bonds. The Morgan fingerprint density at radius 2 is 1.81 bits per heavy atom. The van der Waals surface area contributed by atoms with Crippen LogP contribution >= 0.6 is 0 Å². The van der Waals surface area contributed by atoms with Gasteiger partial charge in [-0.3, -0.25) is 9.36 Å². The van der Waals surface area contributed by atoms with Crippen LogP contribution < -0.4 is 16.6 Å². The molecule has 1 aromatic heterocycles. The summed E-state index contributed by atoms with van der Waals surface area (Å²) in [7, 11) is -1.36. The van der Waals surface area contributed by atoms with Crippen molar-refractivity contribution >= 4 is 10.0 Å². The van der Waals surface area contributed by atoms with E-state index in [1.54, 1.807) is 0 Å². The van der Waals surface area contributed by atoms with Crippen molar-refractivity contribution in [2.24, 2.45) is 14.1 Å². The highest BCUT2D eigenvalue weighted by atomic mass is 32.2. The van der Waals surface area contributed by atoms with Gasteiger partial charge in [0.2, 0.25) is 0 Å². The Bertz CT molecular complexity index is 1050. The van der Waals surface area contributed by atoms with Crippen LogP contribution in [0.3, 0.4) is 0 Å². The number of sulfonamides is 1. The molecule has 2 heterocycles. The molecule has 1 aliphatic heterocycles. The van der Waals surface area contributed by atoms with E-state index in [9.17, 15) is 18.0 Å². The normalized spacial score (nSPS) is 18.6. The van der Waals surface area contributed by atoms with E-state index in [-0.39, 0.29) is 11.4 Å². The van der Waals surface area contributed by atoms with E-state index >= 15 is 0 Å². The van der Waals surface area contributed by atoms with Crippen molar-refractivity contribution < 1.29 is 8.42 Å². The zero-order valence-corrected chi connectivity index (χ0v) is 16.5. The largest absolute Gasteiger partial charge is 0.330 e. The van der Waals surface area contributed by atoms with Crippen LogP contribution in [-0.4, -0.2) is 41.5 Å². The first kappa shape index (κ1) is 19.5. The molecular weight excluding hydrogens is 368 g/mol. The quantitative estimate of drug-likeness (QED) is 0.789. The summed E-state index contributed by atoms with van der Waals surface area (Å²) in [6.07, 6.45) is 2.01. The second-order valence-corrected chi connectivity index (χ2v) is 8.54. The minimum Gasteiger partial charge on any atom is -0.313 e. The molecule has 0 bridgehead atoms. The van der Waals surface area contributed by atoms with Crippen molar-refractivity contribution in [3.8, 4) is 0 Å². The molecular formula is C18H24N4O4S. The topological polar surface area (TPSA) is 93.4 Å². The van der Waals surface area contributed by atoms with E-state index in [4.69, 9.17) is 0 Å². The molecule has 1 unspecified atom stereocenters. The van der Waals surface area contributed by atoms with Crippen molar-refractivity contribution in [2.75, 3.05) is 19.6 Å². The Hall–Kier alpha value is -2.23. The summed E-state index contributed by atoms with van der Waals surface area (Å²) < 4.78 is 29.9. The molecule has 2 aromatic rings. The van der Waals surface area contributed by atoms with E-state index in [0.717, 1.165) is 27.3 Å². The Kier molecular flexibility index (Phi) is 5.36. The Morgan fingerprint density at radius 1 is 1.15 bits per heavy atom. The van der Waals surface area contributed by atoms with Gasteiger partial charge in [-0.1, -0.05) is 31.2 Å². The maximum absolute atomic E-state index is 13.3. The Labute approximate surface area is 158 Å². The molecule has 146 valence electrons. The first-order valence-electron chi connectivity index (χ1n) is 8.85. The molecule has 9 heteroatoms. The standard InChI is InChI=1S/C18H24N4O4S/c1-4-13-5-7-14(8-6-13)15-11-19-9-10-22(15)27(25,26)16-12-20(2)18(24)21(3)17(16)23/h5-8,12,15,19H,4,9-11H2,1-3H3. The first-order chi connectivity index (χ1) is 12.8. The van der Waals surface area contributed by atoms with E-state index in [1.165, 1.54) is 24.0 Å². The molecule has 3 rings (SSSR count). The van der Waals surface area contributed by atoms with Gasteiger partial charge in [-0.25, -0.2) is 13.2 Å². The molecule has 1 atom stereocenters. The number of hydrogen-bond acceptors (Lipinski definition) is 5. The van der Waals surface area contributed by atoms with E-state index in [1.807, 2.05) is 24.3 Å². The third kappa shape index (κ3) is 3.50. The number of nitrogens with one attached hydrogen (secondary N) is 1. The van der Waals surface area contributed by atoms with Gasteiger partial charge < -0.3 is 9.88 Å². The SMILES string of the molecule is CCc1ccc(C2CNCCN2S(=O)(=O)c2cn(C)c(=O)n(C)c2=O)cc1. The average Bonchev–Trinajstić information content (AvgIpc) is 2.69. The number of benzene rings is 1. The zero-order valence-electron chi connectivity index (χ0n) is 15.7. The van der Waals surface area contributed by atoms with Gasteiger partial charge in [0.05, 0.1) is 6.04 Å². The minimum absolute atomic E-state index is 0.245. The van der Waals surface area contributed by atoms with Crippen LogP contribution in [0.25, 0.3) is 0 Å². The van der Waals surface area contributed by atoms with Gasteiger partial charge in [0.25, 0.3) is 15.6 Å². The number of nitrogens with zero attached hydrogens (tertiary/aromatic N) is 3. The highest BCUT2D eigenvalue weighted by Crippen LogP contribution is 2.28. The fraction of sp³-hybridized carbons (Fsp3) is 0.444. The van der Waals surface area contributed by atoms with Crippen LogP contribution in [0.1, 0.15) is 24.1 Å². The molecule has 1 saturated heterocycles. The third-order valence-corrected chi connectivity index (χ3v) is 6.86. The molecule has 8 nitrogen and oxygen atoms in total. The van der Waals surface area contributed by atoms with Gasteiger partial charge in [0, 0.05) is 39.9 Å². The molecule has 0 aliphatic carbocycles. The molecule has 1 fully saturated rings. The maximum atomic E-state index is 13.3. The predicted octanol–water partition coefficient (Wildman–Crippen LogP) is -0.0184. The van der Waals surface area contributed by atoms with Crippen LogP contribution in [0.2, 0.25) is 0 Å². The lowest BCUT2D eigenvalue weighted by Crippen LogP contribution is -2.50. The molecule has 1 aromatic carbocycles. The van der Waals surface area contributed by atoms with Gasteiger partial charge in [-0.2, -0.15) is 4.31 Å². The number of piperazine rings is 1. The van der Waals surface area contributed by atoms with E-state index in [2.05, 4.69) is 12.2 Å². The second-order valence-electron chi connectivity index (χ2n) is 6.68. The minimum atomic E-state index is -4.07. The molecule has 0 spiro atoms. The highest BCUT2D eigenvalue weighted by molar-refractivity contribution is 7.89. The van der Waals surface area contributed by atoms with Crippen molar-refractivity contribution in [3.05, 3.63) is 62.4 Å². The fourth-order valence-corrected chi connectivity index (χ4v) is 5.08. The average molecular weight is 392 g/mol. The van der Waals surface area contributed by atoms with Gasteiger partial charge in [-0.05, 0) is 17.5 Å². The fourth-order valence-electron chi connectivity index (χ4n) is 3.31.